The largest absolute Gasteiger partial charge is 0.506 e. The molecule has 2 N–H and O–H groups in total. The fourth-order valence-corrected chi connectivity index (χ4v) is 5.22. The van der Waals surface area contributed by atoms with Gasteiger partial charge >= 0.3 is 0 Å². The maximum absolute atomic E-state index is 14.0. The highest BCUT2D eigenvalue weighted by Crippen LogP contribution is 2.46. The number of benzene rings is 2. The molecule has 2 atom stereocenters. The Morgan fingerprint density at radius 1 is 1.06 bits per heavy atom. The van der Waals surface area contributed by atoms with Crippen LogP contribution in [-0.2, 0) is 0 Å². The molecule has 1 saturated heterocycles. The van der Waals surface area contributed by atoms with Crippen LogP contribution in [0.2, 0.25) is 5.02 Å². The number of phenols is 1. The summed E-state index contributed by atoms with van der Waals surface area (Å²) in [6.45, 7) is 3.99. The first kappa shape index (κ1) is 22.4. The van der Waals surface area contributed by atoms with Gasteiger partial charge in [0.05, 0.1) is 23.5 Å². The van der Waals surface area contributed by atoms with E-state index in [1.807, 2.05) is 47.6 Å². The highest BCUT2D eigenvalue weighted by Gasteiger charge is 2.43. The van der Waals surface area contributed by atoms with E-state index in [1.54, 1.807) is 30.5 Å². The Morgan fingerprint density at radius 2 is 1.88 bits per heavy atom. The van der Waals surface area contributed by atoms with Crippen LogP contribution < -0.4 is 10.2 Å². The summed E-state index contributed by atoms with van der Waals surface area (Å²) in [5.74, 6) is -0.230. The molecule has 1 fully saturated rings. The minimum Gasteiger partial charge on any atom is -0.506 e. The minimum absolute atomic E-state index is 0.0687. The molecule has 0 saturated carbocycles. The third-order valence-electron chi connectivity index (χ3n) is 6.15. The Labute approximate surface area is 207 Å². The zero-order valence-corrected chi connectivity index (χ0v) is 20.1. The number of hydrogen-bond donors (Lipinski definition) is 2. The first-order valence-corrected chi connectivity index (χ1v) is 11.6. The van der Waals surface area contributed by atoms with Crippen molar-refractivity contribution in [3.05, 3.63) is 106 Å². The molecule has 172 valence electrons. The van der Waals surface area contributed by atoms with Gasteiger partial charge in [0.15, 0.2) is 5.11 Å². The van der Waals surface area contributed by atoms with E-state index in [1.165, 1.54) is 12.1 Å². The van der Waals surface area contributed by atoms with Crippen LogP contribution in [0.25, 0.3) is 5.69 Å². The number of nitrogens with one attached hydrogen (secondary N) is 1. The van der Waals surface area contributed by atoms with E-state index < -0.39 is 0 Å². The van der Waals surface area contributed by atoms with Gasteiger partial charge in [0, 0.05) is 28.3 Å². The topological polar surface area (TPSA) is 53.3 Å². The van der Waals surface area contributed by atoms with E-state index >= 15 is 0 Å². The van der Waals surface area contributed by atoms with Crippen molar-refractivity contribution in [3.63, 3.8) is 0 Å². The molecule has 0 radical (unpaired) electrons. The lowest BCUT2D eigenvalue weighted by Crippen LogP contribution is -2.29. The lowest BCUT2D eigenvalue weighted by molar-refractivity contribution is 0.472. The molecule has 5 rings (SSSR count). The molecule has 34 heavy (non-hydrogen) atoms. The molecule has 0 unspecified atom stereocenters. The predicted molar refractivity (Wildman–Crippen MR) is 136 cm³/mol. The van der Waals surface area contributed by atoms with E-state index in [4.69, 9.17) is 23.8 Å². The van der Waals surface area contributed by atoms with Crippen LogP contribution in [-0.4, -0.2) is 19.8 Å². The second kappa shape index (κ2) is 8.74. The fraction of sp³-hybridized carbons (Fsp3) is 0.154. The van der Waals surface area contributed by atoms with Crippen LogP contribution >= 0.6 is 23.8 Å². The molecule has 0 spiro atoms. The Bertz CT molecular complexity index is 1390. The quantitative estimate of drug-likeness (QED) is 0.334. The van der Waals surface area contributed by atoms with Crippen LogP contribution in [0.1, 0.15) is 34.7 Å². The number of aromatic nitrogens is 2. The van der Waals surface area contributed by atoms with Crippen molar-refractivity contribution in [2.75, 3.05) is 4.90 Å². The van der Waals surface area contributed by atoms with Gasteiger partial charge in [0.1, 0.15) is 11.6 Å². The standard InChI is InChI=1S/C26H22ClFN4OS/c1-15-12-20(16(2)31(15)19-7-5-6-18(28)14-19)25-24(21-8-3-4-11-29-21)30-26(34)32(25)22-13-17(27)9-10-23(22)33/h3-14,24-25,33H,1-2H3,(H,30,34)/t24-,25+/m0/s1. The van der Waals surface area contributed by atoms with Gasteiger partial charge in [0.2, 0.25) is 0 Å². The molecular formula is C26H22ClFN4OS. The van der Waals surface area contributed by atoms with Crippen molar-refractivity contribution >= 4 is 34.6 Å². The molecule has 0 amide bonds. The van der Waals surface area contributed by atoms with Gasteiger partial charge in [-0.15, -0.1) is 0 Å². The van der Waals surface area contributed by atoms with Gasteiger partial charge in [0.25, 0.3) is 0 Å². The normalized spacial score (nSPS) is 17.8. The zero-order chi connectivity index (χ0) is 24.0. The third kappa shape index (κ3) is 3.81. The van der Waals surface area contributed by atoms with E-state index in [0.717, 1.165) is 28.3 Å². The Morgan fingerprint density at radius 3 is 2.62 bits per heavy atom. The number of rotatable bonds is 4. The van der Waals surface area contributed by atoms with Crippen molar-refractivity contribution in [1.29, 1.82) is 0 Å². The summed E-state index contributed by atoms with van der Waals surface area (Å²) in [4.78, 5) is 6.46. The Kier molecular flexibility index (Phi) is 5.75. The summed E-state index contributed by atoms with van der Waals surface area (Å²) in [6, 6.07) is 18.6. The number of aryl methyl sites for hydroxylation is 1. The van der Waals surface area contributed by atoms with Crippen LogP contribution in [0.5, 0.6) is 5.75 Å². The molecule has 3 heterocycles. The average Bonchev–Trinajstić information content (AvgIpc) is 3.31. The first-order valence-electron chi connectivity index (χ1n) is 10.8. The summed E-state index contributed by atoms with van der Waals surface area (Å²) in [6.07, 6.45) is 1.74. The van der Waals surface area contributed by atoms with Gasteiger partial charge in [-0.05, 0) is 86.2 Å². The van der Waals surface area contributed by atoms with E-state index in [2.05, 4.69) is 16.4 Å². The van der Waals surface area contributed by atoms with E-state index in [-0.39, 0.29) is 23.7 Å². The third-order valence-corrected chi connectivity index (χ3v) is 6.70. The number of pyridine rings is 1. The highest BCUT2D eigenvalue weighted by atomic mass is 35.5. The van der Waals surface area contributed by atoms with Crippen LogP contribution in [0.4, 0.5) is 10.1 Å². The summed E-state index contributed by atoms with van der Waals surface area (Å²) in [5.41, 5.74) is 4.92. The van der Waals surface area contributed by atoms with Gasteiger partial charge in [-0.25, -0.2) is 4.39 Å². The second-order valence-electron chi connectivity index (χ2n) is 8.27. The molecule has 0 aliphatic carbocycles. The van der Waals surface area contributed by atoms with Gasteiger partial charge in [-0.1, -0.05) is 23.7 Å². The monoisotopic (exact) mass is 492 g/mol. The molecule has 1 aliphatic rings. The molecular weight excluding hydrogens is 471 g/mol. The number of phenolic OH excluding ortho intramolecular Hbond substituents is 1. The van der Waals surface area contributed by atoms with Gasteiger partial charge in [-0.2, -0.15) is 0 Å². The lowest BCUT2D eigenvalue weighted by Gasteiger charge is -2.28. The van der Waals surface area contributed by atoms with E-state index in [9.17, 15) is 9.50 Å². The van der Waals surface area contributed by atoms with E-state index in [0.29, 0.717) is 15.8 Å². The second-order valence-corrected chi connectivity index (χ2v) is 9.09. The highest BCUT2D eigenvalue weighted by molar-refractivity contribution is 7.80. The average molecular weight is 493 g/mol. The van der Waals surface area contributed by atoms with Crippen molar-refractivity contribution < 1.29 is 9.50 Å². The Hall–Kier alpha value is -3.42. The number of thiocarbonyl (C=S) groups is 1. The number of hydrogen-bond acceptors (Lipinski definition) is 3. The molecule has 2 aromatic heterocycles. The molecule has 2 aromatic carbocycles. The zero-order valence-electron chi connectivity index (χ0n) is 18.5. The molecule has 8 heteroatoms. The van der Waals surface area contributed by atoms with Crippen molar-refractivity contribution in [2.45, 2.75) is 25.9 Å². The minimum atomic E-state index is -0.333. The summed E-state index contributed by atoms with van der Waals surface area (Å²) in [5, 5.41) is 15.1. The van der Waals surface area contributed by atoms with Crippen molar-refractivity contribution in [2.24, 2.45) is 0 Å². The lowest BCUT2D eigenvalue weighted by atomic mass is 9.96. The molecule has 0 bridgehead atoms. The van der Waals surface area contributed by atoms with Crippen molar-refractivity contribution in [1.82, 2.24) is 14.9 Å². The first-order chi connectivity index (χ1) is 16.3. The Balaban J connectivity index is 1.71. The summed E-state index contributed by atoms with van der Waals surface area (Å²) < 4.78 is 16.0. The van der Waals surface area contributed by atoms with Crippen LogP contribution in [0.15, 0.2) is 72.9 Å². The van der Waals surface area contributed by atoms with Gasteiger partial charge < -0.3 is 19.9 Å². The fourth-order valence-electron chi connectivity index (χ4n) is 4.72. The SMILES string of the molecule is Cc1cc([C@@H]2[C@H](c3ccccn3)NC(=S)N2c2cc(Cl)ccc2O)c(C)n1-c1cccc(F)c1. The smallest absolute Gasteiger partial charge is 0.174 e. The number of halogens is 2. The number of nitrogens with zero attached hydrogens (tertiary/aromatic N) is 3. The maximum atomic E-state index is 14.0. The molecule has 1 aliphatic heterocycles. The van der Waals surface area contributed by atoms with Crippen LogP contribution in [0.3, 0.4) is 0 Å². The molecule has 4 aromatic rings. The summed E-state index contributed by atoms with van der Waals surface area (Å²) in [7, 11) is 0. The summed E-state index contributed by atoms with van der Waals surface area (Å²) >= 11 is 12.0. The van der Waals surface area contributed by atoms with Crippen LogP contribution in [0, 0.1) is 19.7 Å². The van der Waals surface area contributed by atoms with Crippen molar-refractivity contribution in [3.8, 4) is 11.4 Å². The maximum Gasteiger partial charge on any atom is 0.174 e. The molecule has 5 nitrogen and oxygen atoms in total. The predicted octanol–water partition coefficient (Wildman–Crippen LogP) is 6.16. The number of aromatic hydroxyl groups is 1. The van der Waals surface area contributed by atoms with Gasteiger partial charge in [-0.3, -0.25) is 4.98 Å². The number of anilines is 1.